The van der Waals surface area contributed by atoms with Crippen LogP contribution in [0.4, 0.5) is 0 Å². The summed E-state index contributed by atoms with van der Waals surface area (Å²) in [6, 6.07) is 3.96. The van der Waals surface area contributed by atoms with Gasteiger partial charge in [-0.05, 0) is 30.9 Å². The van der Waals surface area contributed by atoms with Crippen molar-refractivity contribution < 1.29 is 9.53 Å². The fourth-order valence-corrected chi connectivity index (χ4v) is 3.09. The van der Waals surface area contributed by atoms with E-state index >= 15 is 0 Å². The normalized spacial score (nSPS) is 17.2. The first kappa shape index (κ1) is 9.71. The Hall–Kier alpha value is -0.830. The summed E-state index contributed by atoms with van der Waals surface area (Å²) in [4.78, 5) is 13.3. The number of thiophene rings is 1. The number of methoxy groups -OCH3 is 1. The Morgan fingerprint density at radius 3 is 2.79 bits per heavy atom. The van der Waals surface area contributed by atoms with Crippen LogP contribution in [-0.4, -0.2) is 13.1 Å². The van der Waals surface area contributed by atoms with Crippen LogP contribution in [0.5, 0.6) is 0 Å². The summed E-state index contributed by atoms with van der Waals surface area (Å²) in [7, 11) is 1.43. The minimum Gasteiger partial charge on any atom is -0.465 e. The Kier molecular flexibility index (Phi) is 2.87. The van der Waals surface area contributed by atoms with Crippen LogP contribution >= 0.6 is 11.3 Å². The number of carbonyl (C=O) groups excluding carboxylic acids is 1. The Morgan fingerprint density at radius 2 is 2.14 bits per heavy atom. The van der Waals surface area contributed by atoms with Crippen LogP contribution < -0.4 is 0 Å². The highest BCUT2D eigenvalue weighted by atomic mass is 32.1. The van der Waals surface area contributed by atoms with Crippen LogP contribution in [0, 0.1) is 0 Å². The van der Waals surface area contributed by atoms with Gasteiger partial charge in [-0.15, -0.1) is 11.3 Å². The van der Waals surface area contributed by atoms with E-state index in [4.69, 9.17) is 0 Å². The highest BCUT2D eigenvalue weighted by Gasteiger charge is 2.20. The molecule has 0 radical (unpaired) electrons. The highest BCUT2D eigenvalue weighted by Crippen LogP contribution is 2.37. The van der Waals surface area contributed by atoms with E-state index in [1.54, 1.807) is 11.3 Å². The molecule has 2 rings (SSSR count). The molecule has 0 atom stereocenters. The van der Waals surface area contributed by atoms with Gasteiger partial charge in [0.1, 0.15) is 4.88 Å². The van der Waals surface area contributed by atoms with E-state index in [1.807, 2.05) is 6.07 Å². The molecule has 1 aliphatic rings. The maximum Gasteiger partial charge on any atom is 0.348 e. The zero-order valence-corrected chi connectivity index (χ0v) is 9.10. The van der Waals surface area contributed by atoms with Crippen LogP contribution in [0.25, 0.3) is 0 Å². The average Bonchev–Trinajstić information content (AvgIpc) is 2.86. The number of esters is 1. The van der Waals surface area contributed by atoms with Crippen molar-refractivity contribution in [2.75, 3.05) is 7.11 Å². The molecule has 0 aromatic carbocycles. The summed E-state index contributed by atoms with van der Waals surface area (Å²) in [5.74, 6) is 0.484. The molecule has 1 fully saturated rings. The monoisotopic (exact) mass is 210 g/mol. The van der Waals surface area contributed by atoms with Gasteiger partial charge in [-0.25, -0.2) is 4.79 Å². The van der Waals surface area contributed by atoms with Gasteiger partial charge in [0.05, 0.1) is 7.11 Å². The van der Waals surface area contributed by atoms with Gasteiger partial charge < -0.3 is 4.74 Å². The zero-order valence-electron chi connectivity index (χ0n) is 8.29. The number of hydrogen-bond donors (Lipinski definition) is 0. The second kappa shape index (κ2) is 4.13. The first-order valence-electron chi connectivity index (χ1n) is 4.99. The summed E-state index contributed by atoms with van der Waals surface area (Å²) in [5.41, 5.74) is 0. The molecule has 3 heteroatoms. The first-order chi connectivity index (χ1) is 6.81. The van der Waals surface area contributed by atoms with E-state index in [1.165, 1.54) is 37.7 Å². The third-order valence-corrected chi connectivity index (χ3v) is 4.00. The van der Waals surface area contributed by atoms with E-state index in [2.05, 4.69) is 10.8 Å². The number of rotatable bonds is 2. The van der Waals surface area contributed by atoms with Gasteiger partial charge >= 0.3 is 5.97 Å². The van der Waals surface area contributed by atoms with Gasteiger partial charge in [0.2, 0.25) is 0 Å². The van der Waals surface area contributed by atoms with Crippen molar-refractivity contribution in [2.45, 2.75) is 31.6 Å². The summed E-state index contributed by atoms with van der Waals surface area (Å²) < 4.78 is 4.68. The van der Waals surface area contributed by atoms with Crippen molar-refractivity contribution in [3.8, 4) is 0 Å². The molecule has 1 aromatic heterocycles. The number of ether oxygens (including phenoxy) is 1. The molecule has 76 valence electrons. The van der Waals surface area contributed by atoms with Crippen LogP contribution in [-0.2, 0) is 4.74 Å². The van der Waals surface area contributed by atoms with E-state index in [-0.39, 0.29) is 5.97 Å². The van der Waals surface area contributed by atoms with E-state index in [9.17, 15) is 4.79 Å². The largest absolute Gasteiger partial charge is 0.465 e. The molecule has 1 aliphatic carbocycles. The highest BCUT2D eigenvalue weighted by molar-refractivity contribution is 7.14. The lowest BCUT2D eigenvalue weighted by Crippen LogP contribution is -1.96. The second-order valence-corrected chi connectivity index (χ2v) is 4.79. The SMILES string of the molecule is COC(=O)c1ccc(C2CCCC2)s1. The standard InChI is InChI=1S/C11H14O2S/c1-13-11(12)10-7-6-9(14-10)8-4-2-3-5-8/h6-8H,2-5H2,1H3. The Labute approximate surface area is 87.9 Å². The smallest absolute Gasteiger partial charge is 0.348 e. The number of hydrogen-bond acceptors (Lipinski definition) is 3. The zero-order chi connectivity index (χ0) is 9.97. The van der Waals surface area contributed by atoms with E-state index in [0.717, 1.165) is 4.88 Å². The number of carbonyl (C=O) groups is 1. The van der Waals surface area contributed by atoms with Crippen molar-refractivity contribution >= 4 is 17.3 Å². The summed E-state index contributed by atoms with van der Waals surface area (Å²) in [6.07, 6.45) is 5.22. The third-order valence-electron chi connectivity index (χ3n) is 2.77. The van der Waals surface area contributed by atoms with Crippen LogP contribution in [0.1, 0.15) is 46.2 Å². The molecule has 0 aliphatic heterocycles. The molecule has 0 amide bonds. The van der Waals surface area contributed by atoms with Crippen LogP contribution in [0.2, 0.25) is 0 Å². The van der Waals surface area contributed by atoms with Crippen molar-refractivity contribution in [1.29, 1.82) is 0 Å². The molecule has 1 aromatic rings. The Balaban J connectivity index is 2.12. The maximum atomic E-state index is 11.2. The van der Waals surface area contributed by atoms with Crippen molar-refractivity contribution in [1.82, 2.24) is 0 Å². The molecular weight excluding hydrogens is 196 g/mol. The quantitative estimate of drug-likeness (QED) is 0.701. The van der Waals surface area contributed by atoms with Crippen molar-refractivity contribution in [3.05, 3.63) is 21.9 Å². The van der Waals surface area contributed by atoms with Gasteiger partial charge in [0, 0.05) is 4.88 Å². The lowest BCUT2D eigenvalue weighted by molar-refractivity contribution is 0.0606. The van der Waals surface area contributed by atoms with E-state index < -0.39 is 0 Å². The van der Waals surface area contributed by atoms with Crippen LogP contribution in [0.15, 0.2) is 12.1 Å². The predicted molar refractivity (Wildman–Crippen MR) is 56.9 cm³/mol. The fraction of sp³-hybridized carbons (Fsp3) is 0.545. The molecule has 0 saturated heterocycles. The molecule has 0 bridgehead atoms. The van der Waals surface area contributed by atoms with E-state index in [0.29, 0.717) is 5.92 Å². The molecule has 2 nitrogen and oxygen atoms in total. The van der Waals surface area contributed by atoms with Gasteiger partial charge in [-0.3, -0.25) is 0 Å². The van der Waals surface area contributed by atoms with Gasteiger partial charge in [-0.1, -0.05) is 12.8 Å². The minimum atomic E-state index is -0.209. The second-order valence-electron chi connectivity index (χ2n) is 3.67. The maximum absolute atomic E-state index is 11.2. The topological polar surface area (TPSA) is 26.3 Å². The summed E-state index contributed by atoms with van der Waals surface area (Å²) >= 11 is 1.59. The Bertz CT molecular complexity index is 324. The lowest BCUT2D eigenvalue weighted by atomic mass is 10.1. The first-order valence-corrected chi connectivity index (χ1v) is 5.81. The summed E-state index contributed by atoms with van der Waals surface area (Å²) in [6.45, 7) is 0. The summed E-state index contributed by atoms with van der Waals surface area (Å²) in [5, 5.41) is 0. The fourth-order valence-electron chi connectivity index (χ4n) is 1.99. The molecule has 0 N–H and O–H groups in total. The van der Waals surface area contributed by atoms with Gasteiger partial charge in [-0.2, -0.15) is 0 Å². The van der Waals surface area contributed by atoms with Gasteiger partial charge in [0.25, 0.3) is 0 Å². The molecule has 14 heavy (non-hydrogen) atoms. The predicted octanol–water partition coefficient (Wildman–Crippen LogP) is 3.19. The lowest BCUT2D eigenvalue weighted by Gasteiger charge is -2.03. The van der Waals surface area contributed by atoms with Crippen molar-refractivity contribution in [2.24, 2.45) is 0 Å². The molecular formula is C11H14O2S. The Morgan fingerprint density at radius 1 is 1.43 bits per heavy atom. The van der Waals surface area contributed by atoms with Gasteiger partial charge in [0.15, 0.2) is 0 Å². The van der Waals surface area contributed by atoms with Crippen LogP contribution in [0.3, 0.4) is 0 Å². The van der Waals surface area contributed by atoms with Crippen molar-refractivity contribution in [3.63, 3.8) is 0 Å². The average molecular weight is 210 g/mol. The molecule has 0 unspecified atom stereocenters. The molecule has 0 spiro atoms. The third kappa shape index (κ3) is 1.82. The molecule has 1 saturated carbocycles. The molecule has 1 heterocycles. The minimum absolute atomic E-state index is 0.209.